The molecule has 0 saturated carbocycles. The van der Waals surface area contributed by atoms with Crippen molar-refractivity contribution in [3.8, 4) is 5.75 Å². The van der Waals surface area contributed by atoms with Crippen LogP contribution in [0.1, 0.15) is 5.56 Å². The molecule has 2 atom stereocenters. The Labute approximate surface area is 251 Å². The number of aromatic nitrogens is 2. The summed E-state index contributed by atoms with van der Waals surface area (Å²) in [5.41, 5.74) is 1.68. The molecule has 38 heavy (non-hydrogen) atoms. The average Bonchev–Trinajstić information content (AvgIpc) is 3.58. The molecule has 2 aliphatic heterocycles. The molecule has 5 rings (SSSR count). The summed E-state index contributed by atoms with van der Waals surface area (Å²) in [6, 6.07) is 12.9. The van der Waals surface area contributed by atoms with E-state index in [2.05, 4.69) is 15.2 Å². The Morgan fingerprint density at radius 2 is 1.89 bits per heavy atom. The van der Waals surface area contributed by atoms with Crippen molar-refractivity contribution in [1.82, 2.24) is 14.6 Å². The molecule has 3 aromatic rings. The zero-order valence-electron chi connectivity index (χ0n) is 20.8. The summed E-state index contributed by atoms with van der Waals surface area (Å²) < 4.78 is 20.5. The van der Waals surface area contributed by atoms with Crippen LogP contribution < -0.4 is 39.2 Å². The fourth-order valence-electron chi connectivity index (χ4n) is 4.49. The van der Waals surface area contributed by atoms with Gasteiger partial charge in [0, 0.05) is 46.7 Å². The van der Waals surface area contributed by atoms with Gasteiger partial charge in [-0.2, -0.15) is 0 Å². The molecule has 11 nitrogen and oxygen atoms in total. The SMILES string of the molecule is [Na+].[O-]/N=[N+](\[O-])N1CCN(c2ccc(OC[C@H]3CO[C@](Cn4ccnc4)(c4ccc(Cl)cc4Cl)O3)cc2)CC1. The van der Waals surface area contributed by atoms with E-state index in [9.17, 15) is 10.4 Å². The van der Waals surface area contributed by atoms with Gasteiger partial charge >= 0.3 is 29.6 Å². The molecule has 2 aromatic carbocycles. The Bertz CT molecular complexity index is 1230. The summed E-state index contributed by atoms with van der Waals surface area (Å²) in [5.74, 6) is -0.417. The first-order valence-corrected chi connectivity index (χ1v) is 12.5. The van der Waals surface area contributed by atoms with Crippen LogP contribution in [0.3, 0.4) is 0 Å². The van der Waals surface area contributed by atoms with Gasteiger partial charge in [0.25, 0.3) is 0 Å². The first kappa shape index (κ1) is 28.8. The molecule has 2 aliphatic rings. The summed E-state index contributed by atoms with van der Waals surface area (Å²) >= 11 is 12.6. The van der Waals surface area contributed by atoms with Crippen LogP contribution in [0.2, 0.25) is 10.0 Å². The minimum atomic E-state index is -1.11. The molecule has 14 heteroatoms. The summed E-state index contributed by atoms with van der Waals surface area (Å²) in [7, 11) is 0. The molecular formula is C24H25Cl2N6NaO5. The molecule has 2 saturated heterocycles. The summed E-state index contributed by atoms with van der Waals surface area (Å²) in [6.07, 6.45) is 4.89. The Morgan fingerprint density at radius 1 is 1.13 bits per heavy atom. The smallest absolute Gasteiger partial charge is 0.737 e. The van der Waals surface area contributed by atoms with Gasteiger partial charge in [0.15, 0.2) is 0 Å². The van der Waals surface area contributed by atoms with Crippen molar-refractivity contribution >= 4 is 28.9 Å². The first-order chi connectivity index (χ1) is 18.0. The molecule has 0 N–H and O–H groups in total. The van der Waals surface area contributed by atoms with Crippen molar-refractivity contribution < 1.29 is 48.7 Å². The Kier molecular flexibility index (Phi) is 9.64. The summed E-state index contributed by atoms with van der Waals surface area (Å²) in [6.45, 7) is 3.02. The Hall–Kier alpha value is -2.25. The van der Waals surface area contributed by atoms with Crippen LogP contribution in [0.5, 0.6) is 5.75 Å². The van der Waals surface area contributed by atoms with Crippen LogP contribution in [0.25, 0.3) is 0 Å². The number of benzene rings is 2. The van der Waals surface area contributed by atoms with Crippen LogP contribution in [-0.4, -0.2) is 65.0 Å². The van der Waals surface area contributed by atoms with Crippen LogP contribution in [0.4, 0.5) is 5.69 Å². The molecule has 0 aliphatic carbocycles. The van der Waals surface area contributed by atoms with E-state index >= 15 is 0 Å². The van der Waals surface area contributed by atoms with Gasteiger partial charge in [0.1, 0.15) is 18.5 Å². The zero-order valence-corrected chi connectivity index (χ0v) is 24.3. The Morgan fingerprint density at radius 3 is 2.55 bits per heavy atom. The van der Waals surface area contributed by atoms with Gasteiger partial charge < -0.3 is 34.1 Å². The molecule has 0 amide bonds. The zero-order chi connectivity index (χ0) is 25.8. The van der Waals surface area contributed by atoms with E-state index < -0.39 is 5.79 Å². The molecule has 0 radical (unpaired) electrons. The molecule has 1 aromatic heterocycles. The van der Waals surface area contributed by atoms with E-state index in [1.807, 2.05) is 41.1 Å². The van der Waals surface area contributed by atoms with Crippen molar-refractivity contribution in [2.45, 2.75) is 18.4 Å². The van der Waals surface area contributed by atoms with Crippen molar-refractivity contribution in [3.05, 3.63) is 87.2 Å². The van der Waals surface area contributed by atoms with Gasteiger partial charge in [-0.3, -0.25) is 0 Å². The fourth-order valence-corrected chi connectivity index (χ4v) is 5.05. The first-order valence-electron chi connectivity index (χ1n) is 11.7. The van der Waals surface area contributed by atoms with Gasteiger partial charge in [-0.15, -0.1) is 5.01 Å². The predicted octanol–water partition coefficient (Wildman–Crippen LogP) is 1.04. The number of piperazine rings is 1. The van der Waals surface area contributed by atoms with Crippen LogP contribution in [-0.2, 0) is 21.8 Å². The van der Waals surface area contributed by atoms with E-state index in [-0.39, 0.29) is 47.2 Å². The van der Waals surface area contributed by atoms with E-state index in [4.69, 9.17) is 37.4 Å². The van der Waals surface area contributed by atoms with Crippen LogP contribution >= 0.6 is 23.2 Å². The predicted molar refractivity (Wildman–Crippen MR) is 136 cm³/mol. The number of nitrogens with zero attached hydrogens (tertiary/aromatic N) is 6. The molecule has 0 spiro atoms. The largest absolute Gasteiger partial charge is 1.00 e. The molecule has 3 heterocycles. The van der Waals surface area contributed by atoms with Crippen molar-refractivity contribution in [1.29, 1.82) is 0 Å². The normalized spacial score (nSPS) is 21.8. The van der Waals surface area contributed by atoms with Crippen LogP contribution in [0.15, 0.2) is 66.5 Å². The number of rotatable bonds is 8. The van der Waals surface area contributed by atoms with Gasteiger partial charge in [-0.1, -0.05) is 29.3 Å². The second-order valence-corrected chi connectivity index (χ2v) is 9.59. The molecule has 196 valence electrons. The molecular weight excluding hydrogens is 546 g/mol. The van der Waals surface area contributed by atoms with Gasteiger partial charge in [-0.25, -0.2) is 4.98 Å². The number of anilines is 1. The maximum atomic E-state index is 11.4. The topological polar surface area (TPSA) is 113 Å². The third-order valence-electron chi connectivity index (χ3n) is 6.36. The van der Waals surface area contributed by atoms with Gasteiger partial charge in [0.2, 0.25) is 5.79 Å². The Balaban J connectivity index is 0.00000336. The second-order valence-electron chi connectivity index (χ2n) is 8.74. The number of hydrazine groups is 1. The van der Waals surface area contributed by atoms with Crippen LogP contribution in [0, 0.1) is 10.4 Å². The molecule has 2 fully saturated rings. The standard InChI is InChI=1S/C24H26Cl2N6O5.Na/c25-18-1-6-22(23(26)13-18)24(16-29-8-7-27-17-29)36-15-21(37-24)14-35-20-4-2-19(3-5-20)30-9-11-31(12-10-30)32(34)28-33;/h1-8,13,17,21,33H,9-12,14-16H2;/q;+1/p-1/b32-28-;/t21-,24-;/m0./s1. The third-order valence-corrected chi connectivity index (χ3v) is 6.90. The molecule has 0 bridgehead atoms. The number of hydrogen-bond acceptors (Lipinski definition) is 8. The number of ether oxygens (including phenoxy) is 3. The van der Waals surface area contributed by atoms with Gasteiger partial charge in [-0.05, 0) is 41.7 Å². The minimum absolute atomic E-state index is 0. The average molecular weight is 571 g/mol. The number of imidazole rings is 1. The maximum Gasteiger partial charge on any atom is 1.00 e. The number of halogens is 2. The third kappa shape index (κ3) is 6.48. The van der Waals surface area contributed by atoms with E-state index in [1.54, 1.807) is 24.7 Å². The quantitative estimate of drug-likeness (QED) is 0.171. The van der Waals surface area contributed by atoms with Crippen molar-refractivity contribution in [3.63, 3.8) is 0 Å². The fraction of sp³-hybridized carbons (Fsp3) is 0.375. The monoisotopic (exact) mass is 570 g/mol. The van der Waals surface area contributed by atoms with Crippen molar-refractivity contribution in [2.24, 2.45) is 5.28 Å². The number of hydrogen-bond donors (Lipinski definition) is 0. The van der Waals surface area contributed by atoms with Gasteiger partial charge in [0.05, 0.1) is 37.6 Å². The summed E-state index contributed by atoms with van der Waals surface area (Å²) in [4.78, 5) is 6.35. The van der Waals surface area contributed by atoms with Crippen molar-refractivity contribution in [2.75, 3.05) is 44.3 Å². The molecule has 0 unspecified atom stereocenters. The minimum Gasteiger partial charge on any atom is -0.737 e. The van der Waals surface area contributed by atoms with E-state index in [0.717, 1.165) is 5.69 Å². The second kappa shape index (κ2) is 12.7. The van der Waals surface area contributed by atoms with E-state index in [0.29, 0.717) is 60.7 Å². The summed E-state index contributed by atoms with van der Waals surface area (Å²) in [5, 5.41) is 26.5. The maximum absolute atomic E-state index is 11.4. The van der Waals surface area contributed by atoms with E-state index in [1.165, 1.54) is 5.01 Å².